The standard InChI is InChI=1S/C32H45N3O2S.BrH/c1-6-7-8-9-10-11-12-13-19-37-30-21-28(17-18-29(30)32(3,4)5)34-31(36)33-27-16-14-15-26(20-27)23-35-22-25(2)38-24-35;/h14-18,20-22,24H,6-13,19,23H2,1-5H3,(H-,33,34,36);1H. The Morgan fingerprint density at radius 3 is 2.23 bits per heavy atom. The minimum absolute atomic E-state index is 0. The van der Waals surface area contributed by atoms with Gasteiger partial charge in [-0.05, 0) is 42.5 Å². The maximum atomic E-state index is 12.8. The van der Waals surface area contributed by atoms with E-state index in [1.807, 2.05) is 30.3 Å². The molecule has 0 radical (unpaired) electrons. The molecule has 2 aromatic carbocycles. The van der Waals surface area contributed by atoms with E-state index in [-0.39, 0.29) is 28.4 Å². The molecular weight excluding hydrogens is 570 g/mol. The van der Waals surface area contributed by atoms with E-state index in [2.05, 4.69) is 73.7 Å². The highest BCUT2D eigenvalue weighted by molar-refractivity contribution is 7.09. The number of aryl methyl sites for hydroxylation is 1. The number of nitrogens with one attached hydrogen (secondary N) is 2. The normalized spacial score (nSPS) is 11.1. The van der Waals surface area contributed by atoms with Crippen LogP contribution in [-0.4, -0.2) is 12.6 Å². The fraction of sp³-hybridized carbons (Fsp3) is 0.500. The molecule has 3 aromatic rings. The Bertz CT molecular complexity index is 1160. The van der Waals surface area contributed by atoms with Crippen LogP contribution < -0.4 is 36.9 Å². The van der Waals surface area contributed by atoms with E-state index in [4.69, 9.17) is 4.74 Å². The summed E-state index contributed by atoms with van der Waals surface area (Å²) in [7, 11) is 0. The lowest BCUT2D eigenvalue weighted by Crippen LogP contribution is -3.00. The van der Waals surface area contributed by atoms with Gasteiger partial charge in [0.05, 0.1) is 11.5 Å². The van der Waals surface area contributed by atoms with Gasteiger partial charge in [0.25, 0.3) is 0 Å². The Morgan fingerprint density at radius 1 is 0.923 bits per heavy atom. The van der Waals surface area contributed by atoms with E-state index in [1.165, 1.54) is 49.8 Å². The Kier molecular flexibility index (Phi) is 14.0. The largest absolute Gasteiger partial charge is 1.00 e. The SMILES string of the molecule is CCCCCCCCCCOc1cc(NC(=O)Nc2cccc(C[n+]3csc(C)c3)c2)ccc1C(C)(C)C.[Br-]. The number of ether oxygens (including phenoxy) is 1. The van der Waals surface area contributed by atoms with E-state index < -0.39 is 0 Å². The van der Waals surface area contributed by atoms with Crippen molar-refractivity contribution in [1.82, 2.24) is 0 Å². The van der Waals surface area contributed by atoms with Crippen LogP contribution in [0, 0.1) is 6.92 Å². The Hall–Kier alpha value is -2.38. The third kappa shape index (κ3) is 11.7. The first-order valence-corrected chi connectivity index (χ1v) is 15.0. The van der Waals surface area contributed by atoms with E-state index in [9.17, 15) is 4.79 Å². The summed E-state index contributed by atoms with van der Waals surface area (Å²) in [5.74, 6) is 0.850. The number of aromatic nitrogens is 1. The highest BCUT2D eigenvalue weighted by Crippen LogP contribution is 2.34. The second kappa shape index (κ2) is 16.7. The lowest BCUT2D eigenvalue weighted by Gasteiger charge is -2.23. The number of anilines is 2. The lowest BCUT2D eigenvalue weighted by atomic mass is 9.86. The number of amides is 2. The average molecular weight is 617 g/mol. The smallest absolute Gasteiger partial charge is 0.323 e. The van der Waals surface area contributed by atoms with Crippen molar-refractivity contribution < 1.29 is 31.1 Å². The highest BCUT2D eigenvalue weighted by atomic mass is 79.9. The molecule has 0 bridgehead atoms. The molecular formula is C32H46BrN3O2S. The van der Waals surface area contributed by atoms with Crippen molar-refractivity contribution in [3.63, 3.8) is 0 Å². The van der Waals surface area contributed by atoms with Crippen molar-refractivity contribution in [3.05, 3.63) is 70.2 Å². The second-order valence-electron chi connectivity index (χ2n) is 11.2. The predicted molar refractivity (Wildman–Crippen MR) is 161 cm³/mol. The summed E-state index contributed by atoms with van der Waals surface area (Å²) in [6, 6.07) is 13.7. The maximum Gasteiger partial charge on any atom is 0.323 e. The number of urea groups is 1. The van der Waals surface area contributed by atoms with Crippen LogP contribution in [0.5, 0.6) is 5.75 Å². The van der Waals surface area contributed by atoms with E-state index in [0.29, 0.717) is 6.61 Å². The number of benzene rings is 2. The van der Waals surface area contributed by atoms with Gasteiger partial charge in [-0.25, -0.2) is 4.79 Å². The van der Waals surface area contributed by atoms with Gasteiger partial charge in [0.1, 0.15) is 5.75 Å². The highest BCUT2D eigenvalue weighted by Gasteiger charge is 2.20. The van der Waals surface area contributed by atoms with Crippen LogP contribution in [0.15, 0.2) is 54.2 Å². The summed E-state index contributed by atoms with van der Waals surface area (Å²) in [6.07, 6.45) is 12.3. The number of unbranched alkanes of at least 4 members (excludes halogenated alkanes) is 7. The quantitative estimate of drug-likeness (QED) is 0.176. The number of thiazole rings is 1. The van der Waals surface area contributed by atoms with Gasteiger partial charge in [-0.15, -0.1) is 0 Å². The van der Waals surface area contributed by atoms with E-state index in [0.717, 1.165) is 41.2 Å². The molecule has 0 spiro atoms. The molecule has 0 unspecified atom stereocenters. The van der Waals surface area contributed by atoms with Crippen LogP contribution in [0.2, 0.25) is 0 Å². The fourth-order valence-electron chi connectivity index (χ4n) is 4.54. The van der Waals surface area contributed by atoms with Crippen molar-refractivity contribution in [2.75, 3.05) is 17.2 Å². The fourth-order valence-corrected chi connectivity index (χ4v) is 5.17. The van der Waals surface area contributed by atoms with Crippen LogP contribution in [0.4, 0.5) is 16.2 Å². The third-order valence-corrected chi connectivity index (χ3v) is 7.43. The van der Waals surface area contributed by atoms with Crippen LogP contribution in [0.25, 0.3) is 0 Å². The molecule has 1 aromatic heterocycles. The third-order valence-electron chi connectivity index (χ3n) is 6.57. The van der Waals surface area contributed by atoms with Crippen LogP contribution in [-0.2, 0) is 12.0 Å². The molecule has 3 rings (SSSR count). The molecule has 1 heterocycles. The summed E-state index contributed by atoms with van der Waals surface area (Å²) < 4.78 is 8.41. The summed E-state index contributed by atoms with van der Waals surface area (Å²) >= 11 is 1.73. The molecule has 0 fully saturated rings. The summed E-state index contributed by atoms with van der Waals surface area (Å²) in [5, 5.41) is 5.96. The first-order valence-electron chi connectivity index (χ1n) is 14.1. The molecule has 39 heavy (non-hydrogen) atoms. The molecule has 0 aliphatic heterocycles. The molecule has 0 saturated carbocycles. The molecule has 5 nitrogen and oxygen atoms in total. The number of halogens is 1. The van der Waals surface area contributed by atoms with Gasteiger partial charge in [0, 0.05) is 23.0 Å². The molecule has 214 valence electrons. The number of hydrogen-bond donors (Lipinski definition) is 2. The Labute approximate surface area is 250 Å². The number of rotatable bonds is 14. The Balaban J connectivity index is 0.00000533. The topological polar surface area (TPSA) is 54.2 Å². The molecule has 7 heteroatoms. The number of hydrogen-bond acceptors (Lipinski definition) is 3. The zero-order chi connectivity index (χ0) is 27.4. The molecule has 0 saturated heterocycles. The minimum atomic E-state index is -0.265. The molecule has 0 aliphatic carbocycles. The zero-order valence-corrected chi connectivity index (χ0v) is 26.7. The minimum Gasteiger partial charge on any atom is -1.00 e. The molecule has 2 N–H and O–H groups in total. The van der Waals surface area contributed by atoms with Gasteiger partial charge in [0.2, 0.25) is 5.51 Å². The monoisotopic (exact) mass is 615 g/mol. The second-order valence-corrected chi connectivity index (χ2v) is 12.3. The van der Waals surface area contributed by atoms with Crippen molar-refractivity contribution in [2.45, 2.75) is 97.9 Å². The van der Waals surface area contributed by atoms with Crippen molar-refractivity contribution in [1.29, 1.82) is 0 Å². The van der Waals surface area contributed by atoms with Crippen molar-refractivity contribution in [2.24, 2.45) is 0 Å². The van der Waals surface area contributed by atoms with Crippen LogP contribution in [0.3, 0.4) is 0 Å². The first-order chi connectivity index (χ1) is 18.2. The van der Waals surface area contributed by atoms with Crippen molar-refractivity contribution in [3.8, 4) is 5.75 Å². The van der Waals surface area contributed by atoms with Gasteiger partial charge >= 0.3 is 6.03 Å². The molecule has 2 amide bonds. The Morgan fingerprint density at radius 2 is 1.59 bits per heavy atom. The predicted octanol–water partition coefficient (Wildman–Crippen LogP) is 5.86. The number of nitrogens with zero attached hydrogens (tertiary/aromatic N) is 1. The van der Waals surface area contributed by atoms with Gasteiger partial charge in [-0.1, -0.05) is 102 Å². The maximum absolute atomic E-state index is 12.8. The molecule has 0 atom stereocenters. The average Bonchev–Trinajstić information content (AvgIpc) is 3.26. The van der Waals surface area contributed by atoms with Gasteiger partial charge in [-0.2, -0.15) is 4.57 Å². The number of carbonyl (C=O) groups excluding carboxylic acids is 1. The van der Waals surface area contributed by atoms with E-state index >= 15 is 0 Å². The summed E-state index contributed by atoms with van der Waals surface area (Å²) in [5.41, 5.74) is 5.84. The van der Waals surface area contributed by atoms with Gasteiger partial charge < -0.3 is 32.4 Å². The van der Waals surface area contributed by atoms with Gasteiger partial charge in [0.15, 0.2) is 12.7 Å². The molecule has 0 aliphatic rings. The summed E-state index contributed by atoms with van der Waals surface area (Å²) in [6.45, 7) is 12.4. The van der Waals surface area contributed by atoms with Crippen LogP contribution in [0.1, 0.15) is 95.1 Å². The van der Waals surface area contributed by atoms with Gasteiger partial charge in [-0.3, -0.25) is 0 Å². The summed E-state index contributed by atoms with van der Waals surface area (Å²) in [4.78, 5) is 14.1. The van der Waals surface area contributed by atoms with E-state index in [1.54, 1.807) is 11.3 Å². The zero-order valence-electron chi connectivity index (χ0n) is 24.3. The number of carbonyl (C=O) groups is 1. The first kappa shape index (κ1) is 32.8. The van der Waals surface area contributed by atoms with Crippen molar-refractivity contribution >= 4 is 28.7 Å². The lowest BCUT2D eigenvalue weighted by molar-refractivity contribution is -0.683. The van der Waals surface area contributed by atoms with Crippen LogP contribution >= 0.6 is 11.3 Å².